The van der Waals surface area contributed by atoms with Crippen molar-refractivity contribution in [1.82, 2.24) is 4.90 Å². The van der Waals surface area contributed by atoms with E-state index in [1.807, 2.05) is 0 Å². The molecule has 60 valence electrons. The molecule has 0 amide bonds. The molecule has 0 aromatic heterocycles. The van der Waals surface area contributed by atoms with Gasteiger partial charge in [-0.15, -0.1) is 0 Å². The third kappa shape index (κ3) is 1.96. The van der Waals surface area contributed by atoms with Crippen molar-refractivity contribution >= 4 is 0 Å². The Hall–Kier alpha value is -0.0800. The zero-order valence-corrected chi connectivity index (χ0v) is 6.71. The van der Waals surface area contributed by atoms with E-state index in [-0.39, 0.29) is 0 Å². The number of hydrogen-bond acceptors (Lipinski definition) is 2. The molecule has 2 heteroatoms. The molecule has 1 aliphatic heterocycles. The van der Waals surface area contributed by atoms with Crippen LogP contribution in [0.1, 0.15) is 19.8 Å². The maximum atomic E-state index is 8.53. The molecule has 10 heavy (non-hydrogen) atoms. The molecule has 0 atom stereocenters. The summed E-state index contributed by atoms with van der Waals surface area (Å²) in [4.78, 5) is 2.41. The summed E-state index contributed by atoms with van der Waals surface area (Å²) in [5, 5.41) is 8.53. The Morgan fingerprint density at radius 2 is 2.20 bits per heavy atom. The number of aliphatic hydroxyl groups is 1. The Labute approximate surface area is 62.8 Å². The summed E-state index contributed by atoms with van der Waals surface area (Å²) in [6, 6.07) is 0. The van der Waals surface area contributed by atoms with Gasteiger partial charge in [0.15, 0.2) is 0 Å². The maximum absolute atomic E-state index is 8.53. The molecule has 1 aliphatic rings. The number of rotatable bonds is 4. The lowest BCUT2D eigenvalue weighted by atomic mass is 9.97. The van der Waals surface area contributed by atoms with E-state index in [2.05, 4.69) is 11.8 Å². The van der Waals surface area contributed by atoms with Crippen molar-refractivity contribution < 1.29 is 5.11 Å². The van der Waals surface area contributed by atoms with E-state index in [1.165, 1.54) is 19.5 Å². The van der Waals surface area contributed by atoms with Gasteiger partial charge < -0.3 is 10.0 Å². The van der Waals surface area contributed by atoms with Crippen molar-refractivity contribution in [2.45, 2.75) is 19.8 Å². The number of nitrogens with zero attached hydrogens (tertiary/aromatic N) is 1. The Kier molecular flexibility index (Phi) is 3.16. The van der Waals surface area contributed by atoms with Gasteiger partial charge in [0.25, 0.3) is 0 Å². The Morgan fingerprint density at radius 1 is 1.50 bits per heavy atom. The lowest BCUT2D eigenvalue weighted by Crippen LogP contribution is -2.46. The van der Waals surface area contributed by atoms with E-state index in [9.17, 15) is 0 Å². The summed E-state index contributed by atoms with van der Waals surface area (Å²) in [7, 11) is 0. The Bertz CT molecular complexity index is 86.5. The van der Waals surface area contributed by atoms with E-state index in [4.69, 9.17) is 5.11 Å². The van der Waals surface area contributed by atoms with Crippen LogP contribution in [0.15, 0.2) is 0 Å². The van der Waals surface area contributed by atoms with Crippen LogP contribution in [0.5, 0.6) is 0 Å². The third-order valence-corrected chi connectivity index (χ3v) is 2.24. The molecule has 0 radical (unpaired) electrons. The summed E-state index contributed by atoms with van der Waals surface area (Å²) in [6.07, 6.45) is 2.26. The lowest BCUT2D eigenvalue weighted by Gasteiger charge is -2.38. The van der Waals surface area contributed by atoms with Crippen LogP contribution < -0.4 is 0 Å². The zero-order chi connectivity index (χ0) is 7.40. The first-order valence-electron chi connectivity index (χ1n) is 4.20. The van der Waals surface area contributed by atoms with Gasteiger partial charge in [0.1, 0.15) is 0 Å². The normalized spacial score (nSPS) is 21.0. The van der Waals surface area contributed by atoms with Crippen LogP contribution in [0.25, 0.3) is 0 Å². The smallest absolute Gasteiger partial charge is 0.0443 e. The first kappa shape index (κ1) is 8.02. The second-order valence-corrected chi connectivity index (χ2v) is 3.11. The minimum absolute atomic E-state index is 0.341. The topological polar surface area (TPSA) is 23.5 Å². The summed E-state index contributed by atoms with van der Waals surface area (Å²) in [6.45, 7) is 6.20. The molecule has 0 saturated carbocycles. The molecule has 0 unspecified atom stereocenters. The highest BCUT2D eigenvalue weighted by Gasteiger charge is 2.23. The highest BCUT2D eigenvalue weighted by atomic mass is 16.3. The minimum atomic E-state index is 0.341. The number of hydrogen-bond donors (Lipinski definition) is 1. The van der Waals surface area contributed by atoms with Gasteiger partial charge in [0.05, 0.1) is 0 Å². The SMILES string of the molecule is CCC1CN(CCCO)C1. The molecule has 0 aromatic carbocycles. The number of aliphatic hydroxyl groups excluding tert-OH is 1. The van der Waals surface area contributed by atoms with Crippen LogP contribution in [-0.2, 0) is 0 Å². The van der Waals surface area contributed by atoms with Crippen LogP contribution in [0.4, 0.5) is 0 Å². The molecule has 0 aliphatic carbocycles. The highest BCUT2D eigenvalue weighted by Crippen LogP contribution is 2.17. The van der Waals surface area contributed by atoms with Gasteiger partial charge in [-0.1, -0.05) is 13.3 Å². The monoisotopic (exact) mass is 143 g/mol. The van der Waals surface area contributed by atoms with Crippen molar-refractivity contribution in [3.8, 4) is 0 Å². The van der Waals surface area contributed by atoms with Gasteiger partial charge in [-0.25, -0.2) is 0 Å². The van der Waals surface area contributed by atoms with E-state index in [0.29, 0.717) is 6.61 Å². The molecule has 0 bridgehead atoms. The minimum Gasteiger partial charge on any atom is -0.396 e. The summed E-state index contributed by atoms with van der Waals surface area (Å²) < 4.78 is 0. The fourth-order valence-corrected chi connectivity index (χ4v) is 1.41. The molecular weight excluding hydrogens is 126 g/mol. The Balaban J connectivity index is 1.93. The van der Waals surface area contributed by atoms with Gasteiger partial charge in [-0.3, -0.25) is 0 Å². The molecule has 1 rings (SSSR count). The van der Waals surface area contributed by atoms with Crippen LogP contribution in [-0.4, -0.2) is 36.2 Å². The lowest BCUT2D eigenvalue weighted by molar-refractivity contribution is 0.0893. The standard InChI is InChI=1S/C8H17NO/c1-2-8-6-9(7-8)4-3-5-10/h8,10H,2-7H2,1H3. The fraction of sp³-hybridized carbons (Fsp3) is 1.00. The largest absolute Gasteiger partial charge is 0.396 e. The highest BCUT2D eigenvalue weighted by molar-refractivity contribution is 4.77. The molecular formula is C8H17NO. The molecule has 2 nitrogen and oxygen atoms in total. The van der Waals surface area contributed by atoms with Gasteiger partial charge in [-0.05, 0) is 12.3 Å². The van der Waals surface area contributed by atoms with Crippen molar-refractivity contribution in [3.05, 3.63) is 0 Å². The average molecular weight is 143 g/mol. The van der Waals surface area contributed by atoms with Crippen molar-refractivity contribution in [1.29, 1.82) is 0 Å². The molecule has 1 fully saturated rings. The molecule has 0 aromatic rings. The summed E-state index contributed by atoms with van der Waals surface area (Å²) in [5.74, 6) is 0.943. The molecule has 0 spiro atoms. The Morgan fingerprint density at radius 3 is 2.70 bits per heavy atom. The second-order valence-electron chi connectivity index (χ2n) is 3.11. The van der Waals surface area contributed by atoms with Gasteiger partial charge in [-0.2, -0.15) is 0 Å². The van der Waals surface area contributed by atoms with Crippen LogP contribution in [0.2, 0.25) is 0 Å². The summed E-state index contributed by atoms with van der Waals surface area (Å²) >= 11 is 0. The van der Waals surface area contributed by atoms with Gasteiger partial charge in [0.2, 0.25) is 0 Å². The second kappa shape index (κ2) is 3.94. The van der Waals surface area contributed by atoms with E-state index >= 15 is 0 Å². The zero-order valence-electron chi connectivity index (χ0n) is 6.71. The van der Waals surface area contributed by atoms with Crippen LogP contribution in [0.3, 0.4) is 0 Å². The van der Waals surface area contributed by atoms with E-state index in [1.54, 1.807) is 0 Å². The predicted molar refractivity (Wildman–Crippen MR) is 41.9 cm³/mol. The third-order valence-electron chi connectivity index (χ3n) is 2.24. The summed E-state index contributed by atoms with van der Waals surface area (Å²) in [5.41, 5.74) is 0. The molecule has 1 N–H and O–H groups in total. The first-order chi connectivity index (χ1) is 4.86. The van der Waals surface area contributed by atoms with Crippen molar-refractivity contribution in [3.63, 3.8) is 0 Å². The van der Waals surface area contributed by atoms with E-state index < -0.39 is 0 Å². The van der Waals surface area contributed by atoms with Crippen LogP contribution in [0, 0.1) is 5.92 Å². The molecule has 1 saturated heterocycles. The van der Waals surface area contributed by atoms with Crippen molar-refractivity contribution in [2.75, 3.05) is 26.2 Å². The fourth-order valence-electron chi connectivity index (χ4n) is 1.41. The quantitative estimate of drug-likeness (QED) is 0.626. The first-order valence-corrected chi connectivity index (χ1v) is 4.20. The van der Waals surface area contributed by atoms with Gasteiger partial charge >= 0.3 is 0 Å². The molecule has 1 heterocycles. The maximum Gasteiger partial charge on any atom is 0.0443 e. The average Bonchev–Trinajstić information content (AvgIpc) is 1.86. The predicted octanol–water partition coefficient (Wildman–Crippen LogP) is 0.711. The van der Waals surface area contributed by atoms with Gasteiger partial charge in [0, 0.05) is 26.2 Å². The van der Waals surface area contributed by atoms with Crippen LogP contribution >= 0.6 is 0 Å². The number of likely N-dealkylation sites (tertiary alicyclic amines) is 1. The van der Waals surface area contributed by atoms with Crippen molar-refractivity contribution in [2.24, 2.45) is 5.92 Å². The van der Waals surface area contributed by atoms with E-state index in [0.717, 1.165) is 18.9 Å².